The molecule has 0 aromatic carbocycles. The molecule has 0 heterocycles. The monoisotopic (exact) mass is 242 g/mol. The number of carboxylic acid groups (broad SMARTS) is 1. The maximum Gasteiger partial charge on any atom is 0.308 e. The Balaban J connectivity index is 2.53. The molecule has 0 aromatic heterocycles. The van der Waals surface area contributed by atoms with Crippen LogP contribution >= 0.6 is 0 Å². The van der Waals surface area contributed by atoms with Gasteiger partial charge >= 0.3 is 5.97 Å². The Morgan fingerprint density at radius 1 is 1.47 bits per heavy atom. The van der Waals surface area contributed by atoms with Crippen molar-refractivity contribution in [2.45, 2.75) is 51.6 Å². The van der Waals surface area contributed by atoms with Gasteiger partial charge in [-0.15, -0.1) is 0 Å². The van der Waals surface area contributed by atoms with E-state index >= 15 is 0 Å². The van der Waals surface area contributed by atoms with Crippen LogP contribution in [0.25, 0.3) is 0 Å². The van der Waals surface area contributed by atoms with Gasteiger partial charge in [-0.25, -0.2) is 0 Å². The number of hydrogen-bond acceptors (Lipinski definition) is 3. The van der Waals surface area contributed by atoms with Crippen LogP contribution in [-0.4, -0.2) is 29.1 Å². The number of nitrogens with one attached hydrogen (secondary N) is 1. The van der Waals surface area contributed by atoms with E-state index in [2.05, 4.69) is 5.32 Å². The summed E-state index contributed by atoms with van der Waals surface area (Å²) < 4.78 is 0. The van der Waals surface area contributed by atoms with Gasteiger partial charge < -0.3 is 16.2 Å². The third-order valence-electron chi connectivity index (χ3n) is 3.72. The van der Waals surface area contributed by atoms with E-state index in [-0.39, 0.29) is 17.9 Å². The summed E-state index contributed by atoms with van der Waals surface area (Å²) in [7, 11) is 0. The zero-order valence-corrected chi connectivity index (χ0v) is 10.5. The van der Waals surface area contributed by atoms with Crippen molar-refractivity contribution >= 4 is 11.9 Å². The first kappa shape index (κ1) is 14.0. The minimum atomic E-state index is -0.829. The van der Waals surface area contributed by atoms with Crippen molar-refractivity contribution in [3.05, 3.63) is 0 Å². The molecule has 5 nitrogen and oxygen atoms in total. The maximum absolute atomic E-state index is 11.8. The highest BCUT2D eigenvalue weighted by atomic mass is 16.4. The number of amides is 1. The van der Waals surface area contributed by atoms with Crippen LogP contribution in [0, 0.1) is 11.8 Å². The second kappa shape index (κ2) is 6.00. The molecule has 4 unspecified atom stereocenters. The molecule has 0 spiro atoms. The second-order valence-electron chi connectivity index (χ2n) is 4.90. The first-order valence-electron chi connectivity index (χ1n) is 6.26. The average molecular weight is 242 g/mol. The molecule has 1 rings (SSSR count). The Hall–Kier alpha value is -1.10. The highest BCUT2D eigenvalue weighted by molar-refractivity contribution is 5.83. The predicted molar refractivity (Wildman–Crippen MR) is 64.3 cm³/mol. The van der Waals surface area contributed by atoms with Gasteiger partial charge in [0.25, 0.3) is 0 Å². The van der Waals surface area contributed by atoms with E-state index in [4.69, 9.17) is 10.8 Å². The molecule has 98 valence electrons. The Kier molecular flexibility index (Phi) is 4.93. The van der Waals surface area contributed by atoms with Crippen LogP contribution in [0.5, 0.6) is 0 Å². The Labute approximate surface area is 102 Å². The van der Waals surface area contributed by atoms with Crippen LogP contribution in [0.3, 0.4) is 0 Å². The minimum Gasteiger partial charge on any atom is -0.481 e. The minimum absolute atomic E-state index is 0.111. The van der Waals surface area contributed by atoms with Gasteiger partial charge in [-0.05, 0) is 18.8 Å². The van der Waals surface area contributed by atoms with Crippen LogP contribution in [0.2, 0.25) is 0 Å². The van der Waals surface area contributed by atoms with E-state index in [1.54, 1.807) is 0 Å². The highest BCUT2D eigenvalue weighted by Crippen LogP contribution is 2.26. The lowest BCUT2D eigenvalue weighted by molar-refractivity contribution is -0.142. The van der Waals surface area contributed by atoms with Crippen molar-refractivity contribution in [1.82, 2.24) is 5.32 Å². The number of nitrogens with two attached hydrogens (primary N) is 1. The third-order valence-corrected chi connectivity index (χ3v) is 3.72. The summed E-state index contributed by atoms with van der Waals surface area (Å²) >= 11 is 0. The molecule has 4 atom stereocenters. The first-order valence-corrected chi connectivity index (χ1v) is 6.26. The fraction of sp³-hybridized carbons (Fsp3) is 0.833. The van der Waals surface area contributed by atoms with Gasteiger partial charge in [0.05, 0.1) is 12.0 Å². The van der Waals surface area contributed by atoms with Crippen molar-refractivity contribution in [1.29, 1.82) is 0 Å². The largest absolute Gasteiger partial charge is 0.481 e. The number of carbonyl (C=O) groups is 2. The molecule has 1 saturated carbocycles. The van der Waals surface area contributed by atoms with Gasteiger partial charge in [0, 0.05) is 6.04 Å². The normalized spacial score (nSPS) is 27.5. The molecule has 0 saturated heterocycles. The molecule has 1 aliphatic carbocycles. The summed E-state index contributed by atoms with van der Waals surface area (Å²) in [5.74, 6) is -1.40. The zero-order chi connectivity index (χ0) is 13.0. The summed E-state index contributed by atoms with van der Waals surface area (Å²) in [6.07, 6.45) is 3.05. The Morgan fingerprint density at radius 2 is 2.12 bits per heavy atom. The van der Waals surface area contributed by atoms with E-state index in [1.807, 2.05) is 13.8 Å². The number of aliphatic carboxylic acids is 1. The summed E-state index contributed by atoms with van der Waals surface area (Å²) in [5, 5.41) is 11.8. The Bertz CT molecular complexity index is 293. The number of carbonyl (C=O) groups excluding carboxylic acids is 1. The van der Waals surface area contributed by atoms with Crippen molar-refractivity contribution in [2.24, 2.45) is 17.6 Å². The molecule has 0 aliphatic heterocycles. The van der Waals surface area contributed by atoms with Gasteiger partial charge in [-0.2, -0.15) is 0 Å². The van der Waals surface area contributed by atoms with Gasteiger partial charge in [0.2, 0.25) is 5.91 Å². The van der Waals surface area contributed by atoms with Crippen molar-refractivity contribution in [3.63, 3.8) is 0 Å². The van der Waals surface area contributed by atoms with Crippen LogP contribution < -0.4 is 11.1 Å². The number of carboxylic acids is 1. The molecule has 0 bridgehead atoms. The standard InChI is InChI=1S/C12H22N2O3/c1-3-7(2)10(13)11(15)14-9-6-4-5-8(9)12(16)17/h7-10H,3-6,13H2,1-2H3,(H,14,15)(H,16,17). The van der Waals surface area contributed by atoms with E-state index in [1.165, 1.54) is 0 Å². The SMILES string of the molecule is CCC(C)C(N)C(=O)NC1CCCC1C(=O)O. The molecule has 17 heavy (non-hydrogen) atoms. The molecular weight excluding hydrogens is 220 g/mol. The predicted octanol–water partition coefficient (Wildman–Crippen LogP) is 0.729. The summed E-state index contributed by atoms with van der Waals surface area (Å²) in [6.45, 7) is 3.90. The van der Waals surface area contributed by atoms with Crippen LogP contribution in [0.1, 0.15) is 39.5 Å². The third kappa shape index (κ3) is 3.43. The second-order valence-corrected chi connectivity index (χ2v) is 4.90. The summed E-state index contributed by atoms with van der Waals surface area (Å²) in [6, 6.07) is -0.801. The zero-order valence-electron chi connectivity index (χ0n) is 10.5. The molecule has 1 fully saturated rings. The first-order chi connectivity index (χ1) is 7.97. The quantitative estimate of drug-likeness (QED) is 0.662. The van der Waals surface area contributed by atoms with Crippen LogP contribution in [-0.2, 0) is 9.59 Å². The lowest BCUT2D eigenvalue weighted by Gasteiger charge is -2.22. The molecule has 0 radical (unpaired) electrons. The van der Waals surface area contributed by atoms with Gasteiger partial charge in [-0.1, -0.05) is 26.7 Å². The van der Waals surface area contributed by atoms with Crippen LogP contribution in [0.15, 0.2) is 0 Å². The Morgan fingerprint density at radius 3 is 2.65 bits per heavy atom. The van der Waals surface area contributed by atoms with Crippen LogP contribution in [0.4, 0.5) is 0 Å². The molecule has 5 heteroatoms. The summed E-state index contributed by atoms with van der Waals surface area (Å²) in [5.41, 5.74) is 5.81. The topological polar surface area (TPSA) is 92.4 Å². The van der Waals surface area contributed by atoms with E-state index in [0.29, 0.717) is 6.42 Å². The van der Waals surface area contributed by atoms with E-state index in [0.717, 1.165) is 19.3 Å². The summed E-state index contributed by atoms with van der Waals surface area (Å²) in [4.78, 5) is 22.8. The smallest absolute Gasteiger partial charge is 0.308 e. The molecule has 4 N–H and O–H groups in total. The molecular formula is C12H22N2O3. The van der Waals surface area contributed by atoms with E-state index in [9.17, 15) is 9.59 Å². The van der Waals surface area contributed by atoms with E-state index < -0.39 is 17.9 Å². The molecule has 1 amide bonds. The molecule has 0 aromatic rings. The highest BCUT2D eigenvalue weighted by Gasteiger charge is 2.35. The lowest BCUT2D eigenvalue weighted by atomic mass is 9.98. The van der Waals surface area contributed by atoms with Gasteiger partial charge in [-0.3, -0.25) is 9.59 Å². The fourth-order valence-corrected chi connectivity index (χ4v) is 2.22. The van der Waals surface area contributed by atoms with Crippen molar-refractivity contribution in [2.75, 3.05) is 0 Å². The van der Waals surface area contributed by atoms with Gasteiger partial charge in [0.1, 0.15) is 0 Å². The lowest BCUT2D eigenvalue weighted by Crippen LogP contribution is -2.50. The number of hydrogen-bond donors (Lipinski definition) is 3. The maximum atomic E-state index is 11.8. The molecule has 1 aliphatic rings. The van der Waals surface area contributed by atoms with Crippen molar-refractivity contribution < 1.29 is 14.7 Å². The number of rotatable bonds is 5. The van der Waals surface area contributed by atoms with Gasteiger partial charge in [0.15, 0.2) is 0 Å². The fourth-order valence-electron chi connectivity index (χ4n) is 2.22. The average Bonchev–Trinajstić information content (AvgIpc) is 2.75. The van der Waals surface area contributed by atoms with Crippen molar-refractivity contribution in [3.8, 4) is 0 Å².